The van der Waals surface area contributed by atoms with E-state index in [0.29, 0.717) is 18.7 Å². The van der Waals surface area contributed by atoms with Crippen molar-refractivity contribution in [1.82, 2.24) is 20.3 Å². The zero-order valence-corrected chi connectivity index (χ0v) is 15.9. The maximum absolute atomic E-state index is 12.8. The zero-order valence-electron chi connectivity index (χ0n) is 15.9. The van der Waals surface area contributed by atoms with Gasteiger partial charge in [-0.25, -0.2) is 9.97 Å². The third-order valence-electron chi connectivity index (χ3n) is 5.37. The fourth-order valence-electron chi connectivity index (χ4n) is 3.83. The number of hydrogen-bond acceptors (Lipinski definition) is 7. The summed E-state index contributed by atoms with van der Waals surface area (Å²) >= 11 is 0. The van der Waals surface area contributed by atoms with Crippen LogP contribution in [0.4, 0.5) is 5.69 Å². The fourth-order valence-corrected chi connectivity index (χ4v) is 3.83. The highest BCUT2D eigenvalue weighted by Gasteiger charge is 2.26. The fraction of sp³-hybridized carbons (Fsp3) is 0.333. The Labute approximate surface area is 167 Å². The maximum atomic E-state index is 12.8. The molecule has 1 N–H and O–H groups in total. The molecule has 0 spiro atoms. The van der Waals surface area contributed by atoms with Crippen LogP contribution in [0.15, 0.2) is 42.9 Å². The van der Waals surface area contributed by atoms with Gasteiger partial charge in [-0.3, -0.25) is 9.78 Å². The van der Waals surface area contributed by atoms with E-state index in [1.807, 2.05) is 30.5 Å². The summed E-state index contributed by atoms with van der Waals surface area (Å²) in [5.41, 5.74) is 3.37. The van der Waals surface area contributed by atoms with E-state index < -0.39 is 0 Å². The smallest absolute Gasteiger partial charge is 0.231 e. The molecule has 1 aromatic carbocycles. The molecule has 2 aliphatic rings. The van der Waals surface area contributed by atoms with Gasteiger partial charge < -0.3 is 19.7 Å². The number of nitrogens with one attached hydrogen (secondary N) is 1. The molecule has 8 heteroatoms. The number of ether oxygens (including phenoxy) is 2. The number of rotatable bonds is 4. The van der Waals surface area contributed by atoms with Gasteiger partial charge in [0.05, 0.1) is 17.8 Å². The number of hydrogen-bond donors (Lipinski definition) is 1. The molecule has 2 aliphatic heterocycles. The van der Waals surface area contributed by atoms with Crippen LogP contribution in [-0.2, 0) is 11.3 Å². The molecule has 0 radical (unpaired) electrons. The van der Waals surface area contributed by atoms with E-state index >= 15 is 0 Å². The van der Waals surface area contributed by atoms with Crippen molar-refractivity contribution in [1.29, 1.82) is 0 Å². The molecule has 1 atom stereocenters. The molecular formula is C21H21N5O3. The predicted octanol–water partition coefficient (Wildman–Crippen LogP) is 2.29. The van der Waals surface area contributed by atoms with E-state index in [4.69, 9.17) is 9.47 Å². The van der Waals surface area contributed by atoms with Gasteiger partial charge in [-0.1, -0.05) is 6.07 Å². The molecule has 1 fully saturated rings. The third-order valence-corrected chi connectivity index (χ3v) is 5.37. The molecule has 1 amide bonds. The zero-order chi connectivity index (χ0) is 19.6. The van der Waals surface area contributed by atoms with Gasteiger partial charge in [0.15, 0.2) is 17.1 Å². The minimum atomic E-state index is -0.0599. The van der Waals surface area contributed by atoms with Gasteiger partial charge >= 0.3 is 0 Å². The van der Waals surface area contributed by atoms with Crippen LogP contribution in [0.3, 0.4) is 0 Å². The molecule has 29 heavy (non-hydrogen) atoms. The van der Waals surface area contributed by atoms with E-state index in [9.17, 15) is 4.79 Å². The molecule has 2 aromatic heterocycles. The lowest BCUT2D eigenvalue weighted by Crippen LogP contribution is -2.43. The minimum Gasteiger partial charge on any atom is -0.454 e. The molecule has 0 saturated carbocycles. The average molecular weight is 391 g/mol. The summed E-state index contributed by atoms with van der Waals surface area (Å²) < 4.78 is 10.7. The second-order valence-corrected chi connectivity index (χ2v) is 7.28. The van der Waals surface area contributed by atoms with Crippen LogP contribution in [0.25, 0.3) is 11.2 Å². The Balaban J connectivity index is 1.23. The number of carbonyl (C=O) groups is 1. The molecule has 1 saturated heterocycles. The van der Waals surface area contributed by atoms with Gasteiger partial charge in [-0.2, -0.15) is 0 Å². The number of nitrogens with zero attached hydrogens (tertiary/aromatic N) is 4. The lowest BCUT2D eigenvalue weighted by Gasteiger charge is -2.33. The first-order chi connectivity index (χ1) is 14.3. The number of carbonyl (C=O) groups excluding carboxylic acids is 1. The van der Waals surface area contributed by atoms with E-state index in [1.165, 1.54) is 0 Å². The predicted molar refractivity (Wildman–Crippen MR) is 107 cm³/mol. The Hall–Kier alpha value is -3.42. The Morgan fingerprint density at radius 3 is 3.00 bits per heavy atom. The molecule has 8 nitrogen and oxygen atoms in total. The summed E-state index contributed by atoms with van der Waals surface area (Å²) in [7, 11) is 0. The molecule has 3 aromatic rings. The number of amides is 1. The highest BCUT2D eigenvalue weighted by atomic mass is 16.7. The van der Waals surface area contributed by atoms with Gasteiger partial charge in [-0.05, 0) is 36.6 Å². The van der Waals surface area contributed by atoms with Crippen molar-refractivity contribution in [2.45, 2.75) is 19.4 Å². The summed E-state index contributed by atoms with van der Waals surface area (Å²) in [6.07, 6.45) is 6.95. The minimum absolute atomic E-state index is 0.0599. The number of benzene rings is 1. The molecule has 0 aliphatic carbocycles. The van der Waals surface area contributed by atoms with E-state index in [1.54, 1.807) is 12.4 Å². The van der Waals surface area contributed by atoms with Crippen LogP contribution in [-0.4, -0.2) is 40.7 Å². The molecular weight excluding hydrogens is 370 g/mol. The Morgan fingerprint density at radius 2 is 2.03 bits per heavy atom. The largest absolute Gasteiger partial charge is 0.454 e. The average Bonchev–Trinajstić information content (AvgIpc) is 3.25. The molecule has 4 heterocycles. The topological polar surface area (TPSA) is 89.5 Å². The standard InChI is InChI=1S/C21H21N5O3/c27-21(25-10-14-3-4-18-19(8-14)29-13-28-18)15-2-1-7-26(12-15)16-9-17-20(24-11-16)23-6-5-22-17/h3-6,8-9,11,15H,1-2,7,10,12-13H2,(H,25,27)/t15-/m1/s1. The van der Waals surface area contributed by atoms with E-state index in [-0.39, 0.29) is 18.6 Å². The summed E-state index contributed by atoms with van der Waals surface area (Å²) in [4.78, 5) is 27.9. The molecule has 5 rings (SSSR count). The first-order valence-corrected chi connectivity index (χ1v) is 9.74. The molecule has 148 valence electrons. The van der Waals surface area contributed by atoms with Crippen molar-refractivity contribution in [3.8, 4) is 11.5 Å². The Morgan fingerprint density at radius 1 is 1.14 bits per heavy atom. The van der Waals surface area contributed by atoms with Crippen molar-refractivity contribution in [2.75, 3.05) is 24.8 Å². The lowest BCUT2D eigenvalue weighted by atomic mass is 9.96. The summed E-state index contributed by atoms with van der Waals surface area (Å²) in [6, 6.07) is 7.73. The quantitative estimate of drug-likeness (QED) is 0.730. The van der Waals surface area contributed by atoms with Crippen LogP contribution in [0.1, 0.15) is 18.4 Å². The van der Waals surface area contributed by atoms with Crippen LogP contribution < -0.4 is 19.7 Å². The first kappa shape index (κ1) is 17.7. The van der Waals surface area contributed by atoms with Crippen LogP contribution in [0, 0.1) is 5.92 Å². The molecule has 0 bridgehead atoms. The monoisotopic (exact) mass is 391 g/mol. The number of piperidine rings is 1. The highest BCUT2D eigenvalue weighted by Crippen LogP contribution is 2.32. The molecule has 0 unspecified atom stereocenters. The third kappa shape index (κ3) is 3.65. The Kier molecular flexibility index (Phi) is 4.59. The van der Waals surface area contributed by atoms with E-state index in [2.05, 4.69) is 25.2 Å². The van der Waals surface area contributed by atoms with Gasteiger partial charge in [-0.15, -0.1) is 0 Å². The first-order valence-electron chi connectivity index (χ1n) is 9.74. The second kappa shape index (κ2) is 7.54. The number of fused-ring (bicyclic) bond motifs is 2. The van der Waals surface area contributed by atoms with Crippen molar-refractivity contribution in [3.05, 3.63) is 48.4 Å². The number of anilines is 1. The van der Waals surface area contributed by atoms with Crippen LogP contribution in [0.5, 0.6) is 11.5 Å². The van der Waals surface area contributed by atoms with Crippen LogP contribution >= 0.6 is 0 Å². The number of aromatic nitrogens is 3. The van der Waals surface area contributed by atoms with Gasteiger partial charge in [0.1, 0.15) is 5.52 Å². The SMILES string of the molecule is O=C(NCc1ccc2c(c1)OCO2)[C@@H]1CCCN(c2cnc3nccnc3c2)C1. The summed E-state index contributed by atoms with van der Waals surface area (Å²) in [5, 5.41) is 3.06. The number of pyridine rings is 1. The van der Waals surface area contributed by atoms with E-state index in [0.717, 1.165) is 47.7 Å². The van der Waals surface area contributed by atoms with Crippen LogP contribution in [0.2, 0.25) is 0 Å². The summed E-state index contributed by atoms with van der Waals surface area (Å²) in [6.45, 7) is 2.29. The van der Waals surface area contributed by atoms with Gasteiger partial charge in [0.25, 0.3) is 0 Å². The van der Waals surface area contributed by atoms with Crippen molar-refractivity contribution >= 4 is 22.8 Å². The van der Waals surface area contributed by atoms with Crippen molar-refractivity contribution in [2.24, 2.45) is 5.92 Å². The van der Waals surface area contributed by atoms with Crippen molar-refractivity contribution in [3.63, 3.8) is 0 Å². The lowest BCUT2D eigenvalue weighted by molar-refractivity contribution is -0.125. The highest BCUT2D eigenvalue weighted by molar-refractivity contribution is 5.80. The maximum Gasteiger partial charge on any atom is 0.231 e. The second-order valence-electron chi connectivity index (χ2n) is 7.28. The van der Waals surface area contributed by atoms with Crippen molar-refractivity contribution < 1.29 is 14.3 Å². The van der Waals surface area contributed by atoms with Gasteiger partial charge in [0.2, 0.25) is 12.7 Å². The normalized spacial score (nSPS) is 18.1. The summed E-state index contributed by atoms with van der Waals surface area (Å²) in [5.74, 6) is 1.49. The Bertz CT molecular complexity index is 1060. The van der Waals surface area contributed by atoms with Gasteiger partial charge in [0, 0.05) is 32.0 Å².